The number of aromatic hydroxyl groups is 1. The molecule has 2 aromatic carbocycles. The normalized spacial score (nSPS) is 12.3. The minimum Gasteiger partial charge on any atom is -0.508 e. The van der Waals surface area contributed by atoms with E-state index in [9.17, 15) is 5.11 Å². The summed E-state index contributed by atoms with van der Waals surface area (Å²) in [7, 11) is 0. The van der Waals surface area contributed by atoms with Crippen molar-refractivity contribution in [2.24, 2.45) is 0 Å². The molecule has 2 rings (SSSR count). The number of phenolic OH excluding ortho intramolecular Hbond substituents is 1. The summed E-state index contributed by atoms with van der Waals surface area (Å²) >= 11 is 0. The molecule has 0 radical (unpaired) electrons. The summed E-state index contributed by atoms with van der Waals surface area (Å²) in [6.45, 7) is 3.91. The predicted octanol–water partition coefficient (Wildman–Crippen LogP) is 3.68. The molecule has 0 aliphatic heterocycles. The van der Waals surface area contributed by atoms with Gasteiger partial charge in [-0.1, -0.05) is 55.5 Å². The molecule has 0 spiro atoms. The molecule has 1 atom stereocenters. The molecule has 0 aliphatic carbocycles. The lowest BCUT2D eigenvalue weighted by Crippen LogP contribution is -2.16. The van der Waals surface area contributed by atoms with Crippen molar-refractivity contribution in [3.63, 3.8) is 0 Å². The second kappa shape index (κ2) is 6.95. The summed E-state index contributed by atoms with van der Waals surface area (Å²) < 4.78 is 0. The van der Waals surface area contributed by atoms with Crippen LogP contribution < -0.4 is 5.32 Å². The zero-order valence-corrected chi connectivity index (χ0v) is 11.3. The van der Waals surface area contributed by atoms with Crippen LogP contribution in [0.25, 0.3) is 0 Å². The Morgan fingerprint density at radius 3 is 2.42 bits per heavy atom. The zero-order valence-electron chi connectivity index (χ0n) is 11.3. The van der Waals surface area contributed by atoms with E-state index in [0.29, 0.717) is 18.2 Å². The molecular formula is C17H21NO. The number of para-hydroxylation sites is 1. The van der Waals surface area contributed by atoms with Crippen LogP contribution in [0.2, 0.25) is 0 Å². The summed E-state index contributed by atoms with van der Waals surface area (Å²) in [6, 6.07) is 18.0. The van der Waals surface area contributed by atoms with E-state index in [1.165, 1.54) is 5.56 Å². The second-order valence-electron chi connectivity index (χ2n) is 4.91. The number of rotatable bonds is 6. The van der Waals surface area contributed by atoms with E-state index >= 15 is 0 Å². The number of phenols is 1. The lowest BCUT2D eigenvalue weighted by Gasteiger charge is -2.12. The van der Waals surface area contributed by atoms with Gasteiger partial charge in [0.25, 0.3) is 0 Å². The van der Waals surface area contributed by atoms with Gasteiger partial charge in [0.05, 0.1) is 0 Å². The quantitative estimate of drug-likeness (QED) is 0.772. The standard InChI is InChI=1S/C17H21NO/c1-14(15-7-3-2-4-8-15)11-12-18-13-16-9-5-6-10-17(16)19/h2-10,14,18-19H,11-13H2,1H3. The van der Waals surface area contributed by atoms with Gasteiger partial charge in [0.2, 0.25) is 0 Å². The Balaban J connectivity index is 1.74. The highest BCUT2D eigenvalue weighted by molar-refractivity contribution is 5.31. The Morgan fingerprint density at radius 1 is 1.00 bits per heavy atom. The van der Waals surface area contributed by atoms with E-state index in [1.54, 1.807) is 6.07 Å². The van der Waals surface area contributed by atoms with Gasteiger partial charge in [-0.15, -0.1) is 0 Å². The maximum atomic E-state index is 9.66. The van der Waals surface area contributed by atoms with Crippen LogP contribution in [0.1, 0.15) is 30.4 Å². The molecule has 100 valence electrons. The van der Waals surface area contributed by atoms with Crippen molar-refractivity contribution in [1.82, 2.24) is 5.32 Å². The fourth-order valence-electron chi connectivity index (χ4n) is 2.15. The van der Waals surface area contributed by atoms with E-state index in [1.807, 2.05) is 24.3 Å². The molecule has 0 aromatic heterocycles. The summed E-state index contributed by atoms with van der Waals surface area (Å²) in [5.74, 6) is 0.921. The van der Waals surface area contributed by atoms with Crippen molar-refractivity contribution in [1.29, 1.82) is 0 Å². The molecule has 0 fully saturated rings. The molecule has 2 aromatic rings. The van der Waals surface area contributed by atoms with E-state index in [-0.39, 0.29) is 0 Å². The highest BCUT2D eigenvalue weighted by atomic mass is 16.3. The van der Waals surface area contributed by atoms with E-state index < -0.39 is 0 Å². The summed E-state index contributed by atoms with van der Waals surface area (Å²) in [6.07, 6.45) is 1.09. The van der Waals surface area contributed by atoms with Crippen LogP contribution in [-0.2, 0) is 6.54 Å². The summed E-state index contributed by atoms with van der Waals surface area (Å²) in [5, 5.41) is 13.0. The lowest BCUT2D eigenvalue weighted by atomic mass is 9.98. The van der Waals surface area contributed by atoms with Crippen molar-refractivity contribution in [2.45, 2.75) is 25.8 Å². The summed E-state index contributed by atoms with van der Waals surface area (Å²) in [4.78, 5) is 0. The van der Waals surface area contributed by atoms with Crippen LogP contribution in [0.5, 0.6) is 5.75 Å². The van der Waals surface area contributed by atoms with Gasteiger partial charge in [-0.2, -0.15) is 0 Å². The number of benzene rings is 2. The molecule has 0 saturated heterocycles. The lowest BCUT2D eigenvalue weighted by molar-refractivity contribution is 0.463. The topological polar surface area (TPSA) is 32.3 Å². The van der Waals surface area contributed by atoms with Gasteiger partial charge in [0, 0.05) is 12.1 Å². The predicted molar refractivity (Wildman–Crippen MR) is 79.3 cm³/mol. The van der Waals surface area contributed by atoms with Crippen molar-refractivity contribution < 1.29 is 5.11 Å². The molecule has 2 heteroatoms. The molecule has 0 bridgehead atoms. The molecule has 2 N–H and O–H groups in total. The van der Waals surface area contributed by atoms with Crippen molar-refractivity contribution in [3.05, 3.63) is 65.7 Å². The van der Waals surface area contributed by atoms with Crippen molar-refractivity contribution in [2.75, 3.05) is 6.54 Å². The first-order chi connectivity index (χ1) is 9.27. The number of nitrogens with one attached hydrogen (secondary N) is 1. The Kier molecular flexibility index (Phi) is 4.99. The van der Waals surface area contributed by atoms with Crippen LogP contribution in [-0.4, -0.2) is 11.7 Å². The average molecular weight is 255 g/mol. The maximum absolute atomic E-state index is 9.66. The first-order valence-electron chi connectivity index (χ1n) is 6.80. The molecule has 0 heterocycles. The third-order valence-electron chi connectivity index (χ3n) is 3.43. The largest absolute Gasteiger partial charge is 0.508 e. The smallest absolute Gasteiger partial charge is 0.120 e. The Morgan fingerprint density at radius 2 is 1.68 bits per heavy atom. The highest BCUT2D eigenvalue weighted by Crippen LogP contribution is 2.18. The fourth-order valence-corrected chi connectivity index (χ4v) is 2.15. The van der Waals surface area contributed by atoms with Crippen LogP contribution in [0.15, 0.2) is 54.6 Å². The molecule has 1 unspecified atom stereocenters. The van der Waals surface area contributed by atoms with Gasteiger partial charge in [0.15, 0.2) is 0 Å². The minimum atomic E-state index is 0.367. The van der Waals surface area contributed by atoms with Crippen molar-refractivity contribution in [3.8, 4) is 5.75 Å². The third-order valence-corrected chi connectivity index (χ3v) is 3.43. The second-order valence-corrected chi connectivity index (χ2v) is 4.91. The third kappa shape index (κ3) is 4.11. The van der Waals surface area contributed by atoms with Gasteiger partial charge in [-0.25, -0.2) is 0 Å². The first kappa shape index (κ1) is 13.6. The molecule has 0 amide bonds. The zero-order chi connectivity index (χ0) is 13.5. The fraction of sp³-hybridized carbons (Fsp3) is 0.294. The Hall–Kier alpha value is -1.80. The Labute approximate surface area is 115 Å². The monoisotopic (exact) mass is 255 g/mol. The van der Waals surface area contributed by atoms with Gasteiger partial charge < -0.3 is 10.4 Å². The van der Waals surface area contributed by atoms with Crippen molar-refractivity contribution >= 4 is 0 Å². The van der Waals surface area contributed by atoms with Gasteiger partial charge in [-0.3, -0.25) is 0 Å². The van der Waals surface area contributed by atoms with Gasteiger partial charge >= 0.3 is 0 Å². The molecule has 0 aliphatic rings. The molecule has 0 saturated carbocycles. The van der Waals surface area contributed by atoms with E-state index in [2.05, 4.69) is 36.5 Å². The first-order valence-corrected chi connectivity index (χ1v) is 6.80. The van der Waals surface area contributed by atoms with E-state index in [0.717, 1.165) is 18.5 Å². The van der Waals surface area contributed by atoms with Crippen LogP contribution >= 0.6 is 0 Å². The number of hydrogen-bond donors (Lipinski definition) is 2. The molecule has 2 nitrogen and oxygen atoms in total. The average Bonchev–Trinajstić information content (AvgIpc) is 2.46. The minimum absolute atomic E-state index is 0.367. The molecule has 19 heavy (non-hydrogen) atoms. The summed E-state index contributed by atoms with van der Waals surface area (Å²) in [5.41, 5.74) is 2.33. The Bertz CT molecular complexity index is 496. The van der Waals surface area contributed by atoms with Gasteiger partial charge in [-0.05, 0) is 30.5 Å². The van der Waals surface area contributed by atoms with Crippen LogP contribution in [0.4, 0.5) is 0 Å². The van der Waals surface area contributed by atoms with E-state index in [4.69, 9.17) is 0 Å². The van der Waals surface area contributed by atoms with Crippen LogP contribution in [0, 0.1) is 0 Å². The molecular weight excluding hydrogens is 234 g/mol. The van der Waals surface area contributed by atoms with Crippen LogP contribution in [0.3, 0.4) is 0 Å². The van der Waals surface area contributed by atoms with Gasteiger partial charge in [0.1, 0.15) is 5.75 Å². The number of hydrogen-bond acceptors (Lipinski definition) is 2. The maximum Gasteiger partial charge on any atom is 0.120 e. The SMILES string of the molecule is CC(CCNCc1ccccc1O)c1ccccc1. The highest BCUT2D eigenvalue weighted by Gasteiger charge is 2.04.